The highest BCUT2D eigenvalue weighted by atomic mass is 32.2. The lowest BCUT2D eigenvalue weighted by molar-refractivity contribution is -0.123. The zero-order chi connectivity index (χ0) is 23.3. The van der Waals surface area contributed by atoms with E-state index in [1.807, 2.05) is 13.0 Å². The third-order valence-corrected chi connectivity index (χ3v) is 5.64. The molecule has 0 spiro atoms. The molecule has 0 radical (unpaired) electrons. The number of aryl methyl sites for hydroxylation is 1. The Balaban J connectivity index is 1.53. The number of carbonyl (C=O) groups excluding carboxylic acids is 3. The number of hydrogen-bond acceptors (Lipinski definition) is 7. The van der Waals surface area contributed by atoms with Crippen molar-refractivity contribution < 1.29 is 19.5 Å². The summed E-state index contributed by atoms with van der Waals surface area (Å²) < 4.78 is 0. The number of hydrazone groups is 1. The fraction of sp³-hybridized carbons (Fsp3) is 0.182. The van der Waals surface area contributed by atoms with E-state index in [9.17, 15) is 19.5 Å². The average molecular weight is 454 g/mol. The molecule has 0 aromatic heterocycles. The molecule has 0 saturated carbocycles. The summed E-state index contributed by atoms with van der Waals surface area (Å²) in [5.41, 5.74) is 8.18. The lowest BCUT2D eigenvalue weighted by Gasteiger charge is -2.12. The highest BCUT2D eigenvalue weighted by Crippen LogP contribution is 2.34. The van der Waals surface area contributed by atoms with Crippen LogP contribution in [-0.4, -0.2) is 39.4 Å². The Kier molecular flexibility index (Phi) is 7.16. The van der Waals surface area contributed by atoms with E-state index in [0.29, 0.717) is 23.2 Å². The van der Waals surface area contributed by atoms with Gasteiger partial charge in [0.05, 0.1) is 4.91 Å². The van der Waals surface area contributed by atoms with Gasteiger partial charge in [-0.3, -0.25) is 19.3 Å². The minimum Gasteiger partial charge on any atom is -0.507 e. The number of amidine groups is 1. The van der Waals surface area contributed by atoms with Gasteiger partial charge in [0.2, 0.25) is 5.91 Å². The Labute approximate surface area is 189 Å². The Morgan fingerprint density at radius 2 is 1.94 bits per heavy atom. The van der Waals surface area contributed by atoms with E-state index in [1.165, 1.54) is 6.08 Å². The van der Waals surface area contributed by atoms with Gasteiger partial charge in [0, 0.05) is 29.8 Å². The van der Waals surface area contributed by atoms with E-state index >= 15 is 0 Å². The van der Waals surface area contributed by atoms with E-state index in [-0.39, 0.29) is 35.4 Å². The zero-order valence-electron chi connectivity index (χ0n) is 17.4. The highest BCUT2D eigenvalue weighted by molar-refractivity contribution is 8.18. The molecular formula is C22H23N5O4S. The maximum atomic E-state index is 12.6. The van der Waals surface area contributed by atoms with Gasteiger partial charge in [-0.15, -0.1) is 0 Å². The van der Waals surface area contributed by atoms with Gasteiger partial charge in [-0.2, -0.15) is 5.10 Å². The predicted molar refractivity (Wildman–Crippen MR) is 125 cm³/mol. The number of phenols is 1. The maximum absolute atomic E-state index is 12.6. The van der Waals surface area contributed by atoms with Crippen LogP contribution in [0.3, 0.4) is 0 Å². The van der Waals surface area contributed by atoms with Crippen molar-refractivity contribution in [1.82, 2.24) is 4.90 Å². The molecule has 0 bridgehead atoms. The summed E-state index contributed by atoms with van der Waals surface area (Å²) in [5.74, 6) is 4.68. The quantitative estimate of drug-likeness (QED) is 0.165. The topological polar surface area (TPSA) is 151 Å². The molecule has 1 heterocycles. The summed E-state index contributed by atoms with van der Waals surface area (Å²) in [7, 11) is 0. The number of phenolic OH excluding ortho intramolecular Hbond substituents is 1. The van der Waals surface area contributed by atoms with Gasteiger partial charge in [0.25, 0.3) is 11.1 Å². The molecule has 0 aliphatic carbocycles. The molecule has 3 rings (SSSR count). The van der Waals surface area contributed by atoms with E-state index in [1.54, 1.807) is 36.4 Å². The van der Waals surface area contributed by atoms with Crippen LogP contribution < -0.4 is 16.9 Å². The molecular weight excluding hydrogens is 430 g/mol. The smallest absolute Gasteiger partial charge is 0.293 e. The molecule has 6 N–H and O–H groups in total. The average Bonchev–Trinajstić information content (AvgIpc) is 3.03. The zero-order valence-corrected chi connectivity index (χ0v) is 18.2. The van der Waals surface area contributed by atoms with Gasteiger partial charge in [0.15, 0.2) is 0 Å². The van der Waals surface area contributed by atoms with Crippen molar-refractivity contribution in [2.75, 3.05) is 11.9 Å². The number of nitrogens with two attached hydrogens (primary N) is 2. The number of hydrogen-bond donors (Lipinski definition) is 4. The van der Waals surface area contributed by atoms with E-state index in [2.05, 4.69) is 10.4 Å². The first-order chi connectivity index (χ1) is 15.3. The lowest BCUT2D eigenvalue weighted by atomic mass is 10.1. The predicted octanol–water partition coefficient (Wildman–Crippen LogP) is 2.73. The molecule has 9 nitrogen and oxygen atoms in total. The monoisotopic (exact) mass is 453 g/mol. The van der Waals surface area contributed by atoms with Crippen molar-refractivity contribution in [2.24, 2.45) is 16.7 Å². The Bertz CT molecular complexity index is 1110. The third-order valence-electron chi connectivity index (χ3n) is 4.74. The standard InChI is InChI=1S/C22H23N5O4S/c1-13-4-5-15(17(28)11-13)12-18-21(30)27(22(31)32-18)10-2-3-19(29)25-16-8-6-14(7-9-16)20(23)26-24/h4-9,11-12,28H,2-3,10,24H2,1H3,(H2,23,26)(H,25,29)/b18-12-. The van der Waals surface area contributed by atoms with E-state index < -0.39 is 11.1 Å². The molecule has 3 amide bonds. The molecule has 1 aliphatic heterocycles. The molecule has 2 aromatic carbocycles. The Morgan fingerprint density at radius 1 is 1.22 bits per heavy atom. The minimum atomic E-state index is -0.435. The normalized spacial score (nSPS) is 15.5. The first kappa shape index (κ1) is 22.9. The number of aromatic hydroxyl groups is 1. The summed E-state index contributed by atoms with van der Waals surface area (Å²) in [6.45, 7) is 1.97. The van der Waals surface area contributed by atoms with Gasteiger partial charge in [-0.1, -0.05) is 12.1 Å². The van der Waals surface area contributed by atoms with Gasteiger partial charge >= 0.3 is 0 Å². The molecule has 166 valence electrons. The van der Waals surface area contributed by atoms with Crippen molar-refractivity contribution in [1.29, 1.82) is 0 Å². The number of thioether (sulfide) groups is 1. The lowest BCUT2D eigenvalue weighted by Crippen LogP contribution is -2.29. The number of rotatable bonds is 7. The van der Waals surface area contributed by atoms with Crippen LogP contribution in [0.1, 0.15) is 29.5 Å². The molecule has 2 aromatic rings. The van der Waals surface area contributed by atoms with E-state index in [4.69, 9.17) is 11.6 Å². The van der Waals surface area contributed by atoms with Gasteiger partial charge in [-0.05, 0) is 67.1 Å². The second-order valence-corrected chi connectivity index (χ2v) is 8.13. The second-order valence-electron chi connectivity index (χ2n) is 7.14. The SMILES string of the molecule is Cc1ccc(/C=C2\SC(=O)N(CCCC(=O)Nc3ccc(/C(N)=N/N)cc3)C2=O)c(O)c1. The fourth-order valence-electron chi connectivity index (χ4n) is 3.03. The molecule has 0 atom stereocenters. The van der Waals surface area contributed by atoms with Gasteiger partial charge < -0.3 is 22.0 Å². The van der Waals surface area contributed by atoms with Crippen LogP contribution in [0, 0.1) is 6.92 Å². The Hall–Kier alpha value is -3.79. The number of imide groups is 1. The molecule has 10 heteroatoms. The molecule has 1 saturated heterocycles. The van der Waals surface area contributed by atoms with Gasteiger partial charge in [-0.25, -0.2) is 0 Å². The van der Waals surface area contributed by atoms with E-state index in [0.717, 1.165) is 22.2 Å². The first-order valence-electron chi connectivity index (χ1n) is 9.77. The summed E-state index contributed by atoms with van der Waals surface area (Å²) in [5, 5.41) is 15.8. The van der Waals surface area contributed by atoms with Crippen LogP contribution in [0.15, 0.2) is 52.5 Å². The number of anilines is 1. The number of nitrogens with zero attached hydrogens (tertiary/aromatic N) is 2. The highest BCUT2D eigenvalue weighted by Gasteiger charge is 2.34. The van der Waals surface area contributed by atoms with Crippen molar-refractivity contribution in [3.05, 3.63) is 64.1 Å². The number of amides is 3. The van der Waals surface area contributed by atoms with Crippen LogP contribution >= 0.6 is 11.8 Å². The molecule has 1 aliphatic rings. The maximum Gasteiger partial charge on any atom is 0.293 e. The first-order valence-corrected chi connectivity index (χ1v) is 10.6. The Morgan fingerprint density at radius 3 is 2.59 bits per heavy atom. The molecule has 32 heavy (non-hydrogen) atoms. The largest absolute Gasteiger partial charge is 0.507 e. The van der Waals surface area contributed by atoms with Crippen LogP contribution in [0.25, 0.3) is 6.08 Å². The summed E-state index contributed by atoms with van der Waals surface area (Å²) in [4.78, 5) is 38.3. The summed E-state index contributed by atoms with van der Waals surface area (Å²) in [6, 6.07) is 11.8. The van der Waals surface area contributed by atoms with Crippen molar-refractivity contribution in [3.63, 3.8) is 0 Å². The third kappa shape index (κ3) is 5.46. The van der Waals surface area contributed by atoms with Crippen LogP contribution in [0.5, 0.6) is 5.75 Å². The molecule has 0 unspecified atom stereocenters. The summed E-state index contributed by atoms with van der Waals surface area (Å²) in [6.07, 6.45) is 1.95. The summed E-state index contributed by atoms with van der Waals surface area (Å²) >= 11 is 0.815. The number of nitrogens with one attached hydrogen (secondary N) is 1. The van der Waals surface area contributed by atoms with Crippen LogP contribution in [-0.2, 0) is 9.59 Å². The van der Waals surface area contributed by atoms with Crippen molar-refractivity contribution >= 4 is 46.4 Å². The van der Waals surface area contributed by atoms with Crippen LogP contribution in [0.4, 0.5) is 10.5 Å². The van der Waals surface area contributed by atoms with Gasteiger partial charge in [0.1, 0.15) is 11.6 Å². The van der Waals surface area contributed by atoms with Crippen LogP contribution in [0.2, 0.25) is 0 Å². The second kappa shape index (κ2) is 10.0. The van der Waals surface area contributed by atoms with Crippen molar-refractivity contribution in [3.8, 4) is 5.75 Å². The van der Waals surface area contributed by atoms with Crippen molar-refractivity contribution in [2.45, 2.75) is 19.8 Å². The molecule has 1 fully saturated rings. The fourth-order valence-corrected chi connectivity index (χ4v) is 3.89. The minimum absolute atomic E-state index is 0.0412. The number of carbonyl (C=O) groups is 3. The number of benzene rings is 2.